The van der Waals surface area contributed by atoms with Crippen molar-refractivity contribution in [1.29, 1.82) is 0 Å². The fourth-order valence-corrected chi connectivity index (χ4v) is 4.44. The molecule has 3 atom stereocenters. The lowest BCUT2D eigenvalue weighted by Crippen LogP contribution is -2.44. The fourth-order valence-electron chi connectivity index (χ4n) is 4.44. The highest BCUT2D eigenvalue weighted by atomic mass is 16.5. The molecule has 3 unspecified atom stereocenters. The minimum atomic E-state index is -0.433. The second-order valence-corrected chi connectivity index (χ2v) is 8.01. The molecule has 1 aliphatic heterocycles. The zero-order valence-corrected chi connectivity index (χ0v) is 18.7. The van der Waals surface area contributed by atoms with E-state index in [0.29, 0.717) is 29.7 Å². The van der Waals surface area contributed by atoms with Crippen molar-refractivity contribution in [2.45, 2.75) is 19.8 Å². The lowest BCUT2D eigenvalue weighted by atomic mass is 9.81. The standard InChI is InChI=1S/C23H28N2O7/c1-13(26)16-8-6-15(30-3)9-19(16)32-12-20(27)24-10-14-5-7-17-18(23(29)31-4)11-25(2)22(28)21(14)17/h6,8-9,11,14,17,21H,5,7,10,12H2,1-4H3,(H,24,27). The zero-order chi connectivity index (χ0) is 23.4. The number of esters is 1. The fraction of sp³-hybridized carbons (Fsp3) is 0.478. The van der Waals surface area contributed by atoms with Gasteiger partial charge in [0.05, 0.1) is 31.3 Å². The maximum Gasteiger partial charge on any atom is 0.335 e. The van der Waals surface area contributed by atoms with E-state index in [-0.39, 0.29) is 54.3 Å². The first kappa shape index (κ1) is 23.3. The summed E-state index contributed by atoms with van der Waals surface area (Å²) in [6.07, 6.45) is 2.92. The molecule has 0 bridgehead atoms. The molecule has 1 N–H and O–H groups in total. The molecule has 1 aromatic carbocycles. The van der Waals surface area contributed by atoms with Crippen molar-refractivity contribution in [3.8, 4) is 11.5 Å². The van der Waals surface area contributed by atoms with Crippen LogP contribution in [-0.2, 0) is 19.1 Å². The number of amides is 2. The summed E-state index contributed by atoms with van der Waals surface area (Å²) in [7, 11) is 4.43. The van der Waals surface area contributed by atoms with Gasteiger partial charge in [-0.05, 0) is 37.8 Å². The molecule has 0 radical (unpaired) electrons. The number of methoxy groups -OCH3 is 2. The Hall–Kier alpha value is -3.36. The molecule has 0 saturated heterocycles. The summed E-state index contributed by atoms with van der Waals surface area (Å²) in [5.41, 5.74) is 0.849. The SMILES string of the molecule is COC(=O)C1=CN(C)C(=O)C2C(CNC(=O)COc3cc(OC)ccc3C(C)=O)CCC12. The van der Waals surface area contributed by atoms with Crippen molar-refractivity contribution in [1.82, 2.24) is 10.2 Å². The number of nitrogens with zero attached hydrogens (tertiary/aromatic N) is 1. The number of carbonyl (C=O) groups excluding carboxylic acids is 4. The Balaban J connectivity index is 1.60. The van der Waals surface area contributed by atoms with Gasteiger partial charge in [0.15, 0.2) is 12.4 Å². The van der Waals surface area contributed by atoms with Gasteiger partial charge in [-0.2, -0.15) is 0 Å². The number of hydrogen-bond acceptors (Lipinski definition) is 7. The van der Waals surface area contributed by atoms with Crippen molar-refractivity contribution in [3.05, 3.63) is 35.5 Å². The molecule has 1 aliphatic carbocycles. The molecule has 1 fully saturated rings. The van der Waals surface area contributed by atoms with Crippen molar-refractivity contribution >= 4 is 23.6 Å². The van der Waals surface area contributed by atoms with Crippen LogP contribution in [-0.4, -0.2) is 62.9 Å². The topological polar surface area (TPSA) is 111 Å². The van der Waals surface area contributed by atoms with Gasteiger partial charge in [-0.25, -0.2) is 4.79 Å². The number of hydrogen-bond donors (Lipinski definition) is 1. The average Bonchev–Trinajstić information content (AvgIpc) is 3.21. The highest BCUT2D eigenvalue weighted by Crippen LogP contribution is 2.44. The van der Waals surface area contributed by atoms with E-state index >= 15 is 0 Å². The molecule has 2 amide bonds. The van der Waals surface area contributed by atoms with Gasteiger partial charge < -0.3 is 24.4 Å². The van der Waals surface area contributed by atoms with E-state index < -0.39 is 5.97 Å². The highest BCUT2D eigenvalue weighted by molar-refractivity contribution is 5.97. The van der Waals surface area contributed by atoms with Crippen LogP contribution in [0.4, 0.5) is 0 Å². The average molecular weight is 444 g/mol. The summed E-state index contributed by atoms with van der Waals surface area (Å²) in [5.74, 6) is -0.975. The molecule has 2 aliphatic rings. The smallest absolute Gasteiger partial charge is 0.335 e. The second-order valence-electron chi connectivity index (χ2n) is 8.01. The third-order valence-electron chi connectivity index (χ3n) is 6.06. The molecule has 1 aromatic rings. The summed E-state index contributed by atoms with van der Waals surface area (Å²) in [6, 6.07) is 4.79. The lowest BCUT2D eigenvalue weighted by Gasteiger charge is -2.32. The minimum absolute atomic E-state index is 0.0712. The predicted octanol–water partition coefficient (Wildman–Crippen LogP) is 1.56. The van der Waals surface area contributed by atoms with Crippen LogP contribution in [0.2, 0.25) is 0 Å². The van der Waals surface area contributed by atoms with Crippen LogP contribution in [0.5, 0.6) is 11.5 Å². The van der Waals surface area contributed by atoms with Gasteiger partial charge in [0.25, 0.3) is 5.91 Å². The number of benzene rings is 1. The van der Waals surface area contributed by atoms with Crippen LogP contribution in [0.1, 0.15) is 30.1 Å². The van der Waals surface area contributed by atoms with E-state index in [4.69, 9.17) is 14.2 Å². The normalized spacial score (nSPS) is 22.0. The Labute approximate surface area is 186 Å². The minimum Gasteiger partial charge on any atom is -0.497 e. The number of nitrogens with one attached hydrogen (secondary N) is 1. The molecule has 9 nitrogen and oxygen atoms in total. The molecule has 9 heteroatoms. The molecular weight excluding hydrogens is 416 g/mol. The monoisotopic (exact) mass is 444 g/mol. The molecule has 1 saturated carbocycles. The largest absolute Gasteiger partial charge is 0.497 e. The van der Waals surface area contributed by atoms with Crippen LogP contribution in [0.25, 0.3) is 0 Å². The van der Waals surface area contributed by atoms with Gasteiger partial charge in [0.2, 0.25) is 5.91 Å². The maximum absolute atomic E-state index is 12.7. The third-order valence-corrected chi connectivity index (χ3v) is 6.06. The summed E-state index contributed by atoms with van der Waals surface area (Å²) >= 11 is 0. The molecule has 3 rings (SSSR count). The first-order valence-corrected chi connectivity index (χ1v) is 10.4. The van der Waals surface area contributed by atoms with Crippen molar-refractivity contribution in [2.24, 2.45) is 17.8 Å². The number of carbonyl (C=O) groups is 4. The van der Waals surface area contributed by atoms with Gasteiger partial charge in [-0.1, -0.05) is 0 Å². The van der Waals surface area contributed by atoms with E-state index in [1.165, 1.54) is 26.0 Å². The molecule has 32 heavy (non-hydrogen) atoms. The van der Waals surface area contributed by atoms with E-state index in [0.717, 1.165) is 0 Å². The van der Waals surface area contributed by atoms with Gasteiger partial charge in [-0.15, -0.1) is 0 Å². The quantitative estimate of drug-likeness (QED) is 0.478. The van der Waals surface area contributed by atoms with E-state index in [1.807, 2.05) is 0 Å². The molecule has 172 valence electrons. The van der Waals surface area contributed by atoms with E-state index in [2.05, 4.69) is 5.32 Å². The molecule has 1 heterocycles. The Morgan fingerprint density at radius 1 is 1.19 bits per heavy atom. The Bertz CT molecular complexity index is 956. The molecular formula is C23H28N2O7. The number of ketones is 1. The zero-order valence-electron chi connectivity index (χ0n) is 18.7. The van der Waals surface area contributed by atoms with Crippen LogP contribution in [0.3, 0.4) is 0 Å². The first-order chi connectivity index (χ1) is 15.3. The second kappa shape index (κ2) is 9.84. The van der Waals surface area contributed by atoms with Crippen LogP contribution in [0.15, 0.2) is 30.0 Å². The van der Waals surface area contributed by atoms with E-state index in [9.17, 15) is 19.2 Å². The van der Waals surface area contributed by atoms with Gasteiger partial charge in [0, 0.05) is 31.8 Å². The Kier molecular flexibility index (Phi) is 7.17. The van der Waals surface area contributed by atoms with E-state index in [1.54, 1.807) is 31.4 Å². The summed E-state index contributed by atoms with van der Waals surface area (Å²) in [6.45, 7) is 1.42. The number of ether oxygens (including phenoxy) is 3. The van der Waals surface area contributed by atoms with Crippen LogP contribution in [0, 0.1) is 17.8 Å². The van der Waals surface area contributed by atoms with Gasteiger partial charge in [0.1, 0.15) is 11.5 Å². The van der Waals surface area contributed by atoms with Gasteiger partial charge in [-0.3, -0.25) is 14.4 Å². The molecule has 0 spiro atoms. The molecule has 0 aromatic heterocycles. The Morgan fingerprint density at radius 2 is 1.94 bits per heavy atom. The summed E-state index contributed by atoms with van der Waals surface area (Å²) in [4.78, 5) is 50.5. The number of Topliss-reactive ketones (excluding diaryl/α,β-unsaturated/α-hetero) is 1. The van der Waals surface area contributed by atoms with Crippen LogP contribution >= 0.6 is 0 Å². The van der Waals surface area contributed by atoms with Crippen LogP contribution < -0.4 is 14.8 Å². The summed E-state index contributed by atoms with van der Waals surface area (Å²) < 4.78 is 15.6. The lowest BCUT2D eigenvalue weighted by molar-refractivity contribution is -0.140. The first-order valence-electron chi connectivity index (χ1n) is 10.4. The van der Waals surface area contributed by atoms with Crippen molar-refractivity contribution < 1.29 is 33.4 Å². The summed E-state index contributed by atoms with van der Waals surface area (Å²) in [5, 5.41) is 2.81. The van der Waals surface area contributed by atoms with Gasteiger partial charge >= 0.3 is 5.97 Å². The predicted molar refractivity (Wildman–Crippen MR) is 114 cm³/mol. The number of rotatable bonds is 8. The van der Waals surface area contributed by atoms with Crippen molar-refractivity contribution in [3.63, 3.8) is 0 Å². The van der Waals surface area contributed by atoms with Crippen molar-refractivity contribution in [2.75, 3.05) is 34.4 Å². The number of fused-ring (bicyclic) bond motifs is 1. The maximum atomic E-state index is 12.7. The highest BCUT2D eigenvalue weighted by Gasteiger charge is 2.47. The Morgan fingerprint density at radius 3 is 2.59 bits per heavy atom. The third kappa shape index (κ3) is 4.76.